The lowest BCUT2D eigenvalue weighted by Gasteiger charge is -2.10. The number of carboxylic acids is 1. The van der Waals surface area contributed by atoms with Gasteiger partial charge in [0.1, 0.15) is 0 Å². The van der Waals surface area contributed by atoms with E-state index in [1.165, 1.54) is 0 Å². The first-order valence-corrected chi connectivity index (χ1v) is 5.20. The number of carbonyl (C=O) groups excluding carboxylic acids is 1. The number of amides is 1. The number of hydrogen-bond acceptors (Lipinski definition) is 4. The number of aliphatic carboxylic acids is 1. The molecule has 1 unspecified atom stereocenters. The first-order chi connectivity index (χ1) is 7.57. The van der Waals surface area contributed by atoms with Gasteiger partial charge in [0, 0.05) is 19.4 Å². The summed E-state index contributed by atoms with van der Waals surface area (Å²) in [5.41, 5.74) is 5.48. The van der Waals surface area contributed by atoms with Crippen LogP contribution >= 0.6 is 0 Å². The van der Waals surface area contributed by atoms with Crippen molar-refractivity contribution in [3.05, 3.63) is 0 Å². The van der Waals surface area contributed by atoms with Crippen LogP contribution in [0.15, 0.2) is 0 Å². The highest BCUT2D eigenvalue weighted by Crippen LogP contribution is 1.96. The maximum absolute atomic E-state index is 11.3. The van der Waals surface area contributed by atoms with Gasteiger partial charge < -0.3 is 16.2 Å². The molecule has 0 saturated heterocycles. The van der Waals surface area contributed by atoms with E-state index in [1.54, 1.807) is 0 Å². The fourth-order valence-electron chi connectivity index (χ4n) is 1.08. The van der Waals surface area contributed by atoms with E-state index in [1.807, 2.05) is 6.07 Å². The van der Waals surface area contributed by atoms with Crippen molar-refractivity contribution in [1.82, 2.24) is 5.32 Å². The Kier molecular flexibility index (Phi) is 7.81. The van der Waals surface area contributed by atoms with Crippen LogP contribution in [0.25, 0.3) is 0 Å². The number of nitrogens with zero attached hydrogens (tertiary/aromatic N) is 1. The van der Waals surface area contributed by atoms with Gasteiger partial charge in [-0.05, 0) is 19.3 Å². The van der Waals surface area contributed by atoms with Crippen molar-refractivity contribution in [2.75, 3.05) is 6.54 Å². The Hall–Kier alpha value is -1.61. The highest BCUT2D eigenvalue weighted by molar-refractivity contribution is 5.82. The molecule has 0 rings (SSSR count). The third kappa shape index (κ3) is 7.76. The smallest absolute Gasteiger partial charge is 0.303 e. The molecule has 6 nitrogen and oxygen atoms in total. The van der Waals surface area contributed by atoms with E-state index in [9.17, 15) is 9.59 Å². The van der Waals surface area contributed by atoms with Gasteiger partial charge in [0.05, 0.1) is 12.1 Å². The molecule has 4 N–H and O–H groups in total. The molecule has 0 bridgehead atoms. The summed E-state index contributed by atoms with van der Waals surface area (Å²) in [5.74, 6) is -1.30. The van der Waals surface area contributed by atoms with Crippen LogP contribution in [0, 0.1) is 11.3 Å². The zero-order chi connectivity index (χ0) is 12.4. The van der Waals surface area contributed by atoms with E-state index in [4.69, 9.17) is 16.1 Å². The molecule has 0 heterocycles. The lowest BCUT2D eigenvalue weighted by Crippen LogP contribution is -2.41. The lowest BCUT2D eigenvalue weighted by atomic mass is 10.1. The van der Waals surface area contributed by atoms with Crippen molar-refractivity contribution in [3.8, 4) is 6.07 Å². The molecular weight excluding hydrogens is 210 g/mol. The second kappa shape index (κ2) is 8.68. The molecule has 0 spiro atoms. The van der Waals surface area contributed by atoms with Gasteiger partial charge in [0.2, 0.25) is 5.91 Å². The van der Waals surface area contributed by atoms with E-state index < -0.39 is 12.0 Å². The summed E-state index contributed by atoms with van der Waals surface area (Å²) in [4.78, 5) is 21.5. The van der Waals surface area contributed by atoms with Crippen LogP contribution in [0.4, 0.5) is 0 Å². The minimum atomic E-state index is -0.961. The Balaban J connectivity index is 3.56. The number of unbranched alkanes of at least 4 members (excludes halogenated alkanes) is 2. The normalized spacial score (nSPS) is 11.5. The maximum Gasteiger partial charge on any atom is 0.303 e. The summed E-state index contributed by atoms with van der Waals surface area (Å²) in [6.45, 7) is 0.473. The Morgan fingerprint density at radius 1 is 1.44 bits per heavy atom. The average Bonchev–Trinajstić information content (AvgIpc) is 2.25. The highest BCUT2D eigenvalue weighted by atomic mass is 16.4. The van der Waals surface area contributed by atoms with Crippen LogP contribution in [0.1, 0.15) is 32.1 Å². The first kappa shape index (κ1) is 14.4. The van der Waals surface area contributed by atoms with Gasteiger partial charge in [-0.2, -0.15) is 5.26 Å². The number of hydrogen-bond donors (Lipinski definition) is 3. The Morgan fingerprint density at radius 2 is 2.12 bits per heavy atom. The van der Waals surface area contributed by atoms with Crippen LogP contribution in [0.2, 0.25) is 0 Å². The minimum Gasteiger partial charge on any atom is -0.481 e. The summed E-state index contributed by atoms with van der Waals surface area (Å²) in [5, 5.41) is 19.3. The van der Waals surface area contributed by atoms with Gasteiger partial charge in [-0.1, -0.05) is 0 Å². The summed E-state index contributed by atoms with van der Waals surface area (Å²) in [6.07, 6.45) is 1.97. The molecule has 0 aromatic carbocycles. The average molecular weight is 227 g/mol. The lowest BCUT2D eigenvalue weighted by molar-refractivity contribution is -0.137. The molecule has 0 radical (unpaired) electrons. The standard InChI is InChI=1S/C10H17N3O3/c11-6-2-1-3-7-13-10(16)8(12)4-5-9(14)15/h8H,1-5,7,12H2,(H,13,16)(H,14,15). The van der Waals surface area contributed by atoms with Crippen LogP contribution in [-0.4, -0.2) is 29.6 Å². The highest BCUT2D eigenvalue weighted by Gasteiger charge is 2.13. The van der Waals surface area contributed by atoms with Crippen molar-refractivity contribution >= 4 is 11.9 Å². The second-order valence-corrected chi connectivity index (χ2v) is 3.45. The van der Waals surface area contributed by atoms with Crippen molar-refractivity contribution in [1.29, 1.82) is 5.26 Å². The fourth-order valence-corrected chi connectivity index (χ4v) is 1.08. The molecule has 1 amide bonds. The number of nitriles is 1. The molecular formula is C10H17N3O3. The molecule has 6 heteroatoms. The molecule has 0 fully saturated rings. The van der Waals surface area contributed by atoms with E-state index in [0.29, 0.717) is 13.0 Å². The first-order valence-electron chi connectivity index (χ1n) is 5.20. The maximum atomic E-state index is 11.3. The second-order valence-electron chi connectivity index (χ2n) is 3.45. The van der Waals surface area contributed by atoms with Gasteiger partial charge in [-0.3, -0.25) is 9.59 Å². The van der Waals surface area contributed by atoms with Crippen LogP contribution in [0.5, 0.6) is 0 Å². The molecule has 0 aliphatic carbocycles. The third-order valence-electron chi connectivity index (χ3n) is 2.02. The van der Waals surface area contributed by atoms with Gasteiger partial charge >= 0.3 is 5.97 Å². The zero-order valence-corrected chi connectivity index (χ0v) is 9.11. The number of nitrogens with one attached hydrogen (secondary N) is 1. The molecule has 0 aliphatic heterocycles. The van der Waals surface area contributed by atoms with Gasteiger partial charge in [-0.25, -0.2) is 0 Å². The Labute approximate surface area is 94.4 Å². The Bertz CT molecular complexity index is 273. The number of carbonyl (C=O) groups is 2. The predicted octanol–water partition coefficient (Wildman–Crippen LogP) is -0.0114. The van der Waals surface area contributed by atoms with Crippen molar-refractivity contribution < 1.29 is 14.7 Å². The molecule has 0 saturated carbocycles. The molecule has 0 aromatic heterocycles. The molecule has 90 valence electrons. The van der Waals surface area contributed by atoms with Crippen molar-refractivity contribution in [2.24, 2.45) is 5.73 Å². The van der Waals surface area contributed by atoms with Gasteiger partial charge in [0.15, 0.2) is 0 Å². The summed E-state index contributed by atoms with van der Waals surface area (Å²) in [6, 6.07) is 1.24. The number of rotatable bonds is 8. The summed E-state index contributed by atoms with van der Waals surface area (Å²) >= 11 is 0. The monoisotopic (exact) mass is 227 g/mol. The van der Waals surface area contributed by atoms with Gasteiger partial charge in [-0.15, -0.1) is 0 Å². The van der Waals surface area contributed by atoms with Crippen molar-refractivity contribution in [3.63, 3.8) is 0 Å². The SMILES string of the molecule is N#CCCCCNC(=O)C(N)CCC(=O)O. The molecule has 1 atom stereocenters. The fraction of sp³-hybridized carbons (Fsp3) is 0.700. The topological polar surface area (TPSA) is 116 Å². The summed E-state index contributed by atoms with van der Waals surface area (Å²) < 4.78 is 0. The quantitative estimate of drug-likeness (QED) is 0.504. The predicted molar refractivity (Wildman–Crippen MR) is 57.3 cm³/mol. The number of carboxylic acid groups (broad SMARTS) is 1. The van der Waals surface area contributed by atoms with E-state index in [2.05, 4.69) is 5.32 Å². The van der Waals surface area contributed by atoms with Crippen LogP contribution < -0.4 is 11.1 Å². The van der Waals surface area contributed by atoms with Crippen LogP contribution in [0.3, 0.4) is 0 Å². The summed E-state index contributed by atoms with van der Waals surface area (Å²) in [7, 11) is 0. The largest absolute Gasteiger partial charge is 0.481 e. The Morgan fingerprint density at radius 3 is 2.69 bits per heavy atom. The van der Waals surface area contributed by atoms with E-state index >= 15 is 0 Å². The van der Waals surface area contributed by atoms with Gasteiger partial charge in [0.25, 0.3) is 0 Å². The van der Waals surface area contributed by atoms with E-state index in [0.717, 1.165) is 12.8 Å². The zero-order valence-electron chi connectivity index (χ0n) is 9.11. The molecule has 0 aromatic rings. The minimum absolute atomic E-state index is 0.108. The van der Waals surface area contributed by atoms with Crippen LogP contribution in [-0.2, 0) is 9.59 Å². The van der Waals surface area contributed by atoms with E-state index in [-0.39, 0.29) is 18.7 Å². The van der Waals surface area contributed by atoms with Crippen molar-refractivity contribution in [2.45, 2.75) is 38.1 Å². The molecule has 16 heavy (non-hydrogen) atoms. The molecule has 0 aliphatic rings. The number of nitrogens with two attached hydrogens (primary N) is 1. The third-order valence-corrected chi connectivity index (χ3v) is 2.02.